The van der Waals surface area contributed by atoms with Crippen molar-refractivity contribution in [3.05, 3.63) is 59.9 Å². The second kappa shape index (κ2) is 8.98. The first kappa shape index (κ1) is 23.3. The molecular formula is C27H31FN4O3. The van der Waals surface area contributed by atoms with Gasteiger partial charge in [0.25, 0.3) is 0 Å². The van der Waals surface area contributed by atoms with Gasteiger partial charge < -0.3 is 9.80 Å². The first-order chi connectivity index (χ1) is 16.9. The summed E-state index contributed by atoms with van der Waals surface area (Å²) in [7, 11) is 0. The lowest BCUT2D eigenvalue weighted by atomic mass is 9.67. The molecule has 1 atom stereocenters. The van der Waals surface area contributed by atoms with Gasteiger partial charge in [0, 0.05) is 38.4 Å². The predicted molar refractivity (Wildman–Crippen MR) is 132 cm³/mol. The highest BCUT2D eigenvalue weighted by molar-refractivity contribution is 6.20. The molecule has 0 aliphatic carbocycles. The molecule has 3 aliphatic heterocycles. The maximum Gasteiger partial charge on any atom is 0.333 e. The molecule has 3 heterocycles. The van der Waals surface area contributed by atoms with Gasteiger partial charge in [0.1, 0.15) is 5.82 Å². The number of fused-ring (bicyclic) bond motifs is 4. The Morgan fingerprint density at radius 3 is 2.09 bits per heavy atom. The number of benzene rings is 2. The maximum atomic E-state index is 14.8. The number of piperazine rings is 1. The molecule has 3 aliphatic rings. The van der Waals surface area contributed by atoms with Crippen LogP contribution in [-0.2, 0) is 16.0 Å². The van der Waals surface area contributed by atoms with Gasteiger partial charge in [-0.3, -0.25) is 19.4 Å². The van der Waals surface area contributed by atoms with Crippen LogP contribution in [-0.4, -0.2) is 66.4 Å². The number of halogens is 1. The Morgan fingerprint density at radius 1 is 0.857 bits per heavy atom. The van der Waals surface area contributed by atoms with E-state index >= 15 is 0 Å². The Balaban J connectivity index is 1.66. The molecule has 8 heteroatoms. The fourth-order valence-corrected chi connectivity index (χ4v) is 5.95. The fraction of sp³-hybridized carbons (Fsp3) is 0.444. The molecule has 1 spiro atoms. The lowest BCUT2D eigenvalue weighted by Gasteiger charge is -2.57. The summed E-state index contributed by atoms with van der Waals surface area (Å²) in [5.41, 5.74) is 0.935. The van der Waals surface area contributed by atoms with Gasteiger partial charge in [-0.15, -0.1) is 0 Å². The standard InChI is InChI=1S/C27H31FN4O3/c1-3-13-31-24(33)27(25(34)32(14-4-2)26(31)35)17-19-9-5-7-11-21(19)30-16-15-29(18-23(27)30)22-12-8-6-10-20(22)28/h5-12,23H,3-4,13-18H2,1-2H3. The van der Waals surface area contributed by atoms with Crippen molar-refractivity contribution >= 4 is 29.2 Å². The lowest BCUT2D eigenvalue weighted by Crippen LogP contribution is -2.75. The summed E-state index contributed by atoms with van der Waals surface area (Å²) in [6.45, 7) is 5.75. The molecule has 0 N–H and O–H groups in total. The zero-order valence-electron chi connectivity index (χ0n) is 20.2. The first-order valence-corrected chi connectivity index (χ1v) is 12.5. The van der Waals surface area contributed by atoms with Crippen LogP contribution in [0.4, 0.5) is 20.6 Å². The van der Waals surface area contributed by atoms with Crippen LogP contribution >= 0.6 is 0 Å². The minimum absolute atomic E-state index is 0.223. The number of amides is 4. The van der Waals surface area contributed by atoms with E-state index in [2.05, 4.69) is 4.90 Å². The van der Waals surface area contributed by atoms with Gasteiger partial charge in [-0.25, -0.2) is 9.18 Å². The van der Waals surface area contributed by atoms with Crippen LogP contribution in [0.15, 0.2) is 48.5 Å². The third-order valence-electron chi connectivity index (χ3n) is 7.52. The third kappa shape index (κ3) is 3.49. The molecule has 4 amide bonds. The van der Waals surface area contributed by atoms with Crippen molar-refractivity contribution in [2.24, 2.45) is 5.41 Å². The second-order valence-corrected chi connectivity index (χ2v) is 9.58. The SMILES string of the molecule is CCCN1C(=O)N(CCC)C(=O)C2(Cc3ccccc3N3CCN(c4ccccc4F)CC32)C1=O. The van der Waals surface area contributed by atoms with Gasteiger partial charge in [0.05, 0.1) is 11.7 Å². The van der Waals surface area contributed by atoms with E-state index in [0.29, 0.717) is 38.2 Å². The summed E-state index contributed by atoms with van der Waals surface area (Å²) in [6.07, 6.45) is 1.43. The van der Waals surface area contributed by atoms with E-state index in [9.17, 15) is 18.8 Å². The van der Waals surface area contributed by atoms with Gasteiger partial charge in [-0.2, -0.15) is 0 Å². The van der Waals surface area contributed by atoms with Gasteiger partial charge in [-0.1, -0.05) is 44.2 Å². The molecule has 1 unspecified atom stereocenters. The monoisotopic (exact) mass is 478 g/mol. The zero-order chi connectivity index (χ0) is 24.7. The quantitative estimate of drug-likeness (QED) is 0.614. The molecule has 0 bridgehead atoms. The topological polar surface area (TPSA) is 64.2 Å². The van der Waals surface area contributed by atoms with E-state index in [4.69, 9.17) is 0 Å². The van der Waals surface area contributed by atoms with Gasteiger partial charge in [-0.05, 0) is 43.0 Å². The number of carbonyl (C=O) groups is 3. The van der Waals surface area contributed by atoms with E-state index in [1.54, 1.807) is 18.2 Å². The van der Waals surface area contributed by atoms with E-state index in [1.165, 1.54) is 15.9 Å². The van der Waals surface area contributed by atoms with Crippen molar-refractivity contribution < 1.29 is 18.8 Å². The molecule has 0 saturated carbocycles. The number of nitrogens with zero attached hydrogens (tertiary/aromatic N) is 4. The molecule has 2 fully saturated rings. The Morgan fingerprint density at radius 2 is 1.46 bits per heavy atom. The summed E-state index contributed by atoms with van der Waals surface area (Å²) in [6, 6.07) is 13.4. The summed E-state index contributed by atoms with van der Waals surface area (Å²) >= 11 is 0. The van der Waals surface area contributed by atoms with Crippen LogP contribution < -0.4 is 9.80 Å². The number of urea groups is 1. The van der Waals surface area contributed by atoms with Crippen molar-refractivity contribution in [2.75, 3.05) is 42.5 Å². The van der Waals surface area contributed by atoms with E-state index in [0.717, 1.165) is 11.3 Å². The van der Waals surface area contributed by atoms with Crippen molar-refractivity contribution in [3.8, 4) is 0 Å². The Labute approximate surface area is 205 Å². The highest BCUT2D eigenvalue weighted by atomic mass is 19.1. The largest absolute Gasteiger partial charge is 0.365 e. The number of anilines is 2. The maximum absolute atomic E-state index is 14.8. The molecule has 5 rings (SSSR count). The number of para-hydroxylation sites is 2. The number of hydrogen-bond acceptors (Lipinski definition) is 5. The fourth-order valence-electron chi connectivity index (χ4n) is 5.95. The summed E-state index contributed by atoms with van der Waals surface area (Å²) < 4.78 is 14.8. The minimum Gasteiger partial charge on any atom is -0.365 e. The summed E-state index contributed by atoms with van der Waals surface area (Å²) in [4.78, 5) is 48.2. The molecule has 7 nitrogen and oxygen atoms in total. The highest BCUT2D eigenvalue weighted by Crippen LogP contribution is 2.47. The Hall–Kier alpha value is -3.42. The number of carbonyl (C=O) groups excluding carboxylic acids is 3. The molecule has 0 aromatic heterocycles. The van der Waals surface area contributed by atoms with Crippen molar-refractivity contribution in [3.63, 3.8) is 0 Å². The lowest BCUT2D eigenvalue weighted by molar-refractivity contribution is -0.161. The Kier molecular flexibility index (Phi) is 5.99. The molecule has 2 aromatic carbocycles. The smallest absolute Gasteiger partial charge is 0.333 e. The van der Waals surface area contributed by atoms with Crippen LogP contribution in [0.25, 0.3) is 0 Å². The van der Waals surface area contributed by atoms with Gasteiger partial charge >= 0.3 is 6.03 Å². The van der Waals surface area contributed by atoms with Crippen LogP contribution in [0.2, 0.25) is 0 Å². The molecular weight excluding hydrogens is 447 g/mol. The average molecular weight is 479 g/mol. The number of barbiturate groups is 1. The number of hydrogen-bond donors (Lipinski definition) is 0. The molecule has 2 aromatic rings. The molecule has 2 saturated heterocycles. The highest BCUT2D eigenvalue weighted by Gasteiger charge is 2.64. The third-order valence-corrected chi connectivity index (χ3v) is 7.52. The normalized spacial score (nSPS) is 21.5. The number of imide groups is 2. The zero-order valence-corrected chi connectivity index (χ0v) is 20.2. The predicted octanol–water partition coefficient (Wildman–Crippen LogP) is 3.67. The van der Waals surface area contributed by atoms with E-state index in [-0.39, 0.29) is 25.3 Å². The van der Waals surface area contributed by atoms with Crippen molar-refractivity contribution in [1.29, 1.82) is 0 Å². The summed E-state index contributed by atoms with van der Waals surface area (Å²) in [5, 5.41) is 0. The van der Waals surface area contributed by atoms with Gasteiger partial charge in [0.15, 0.2) is 5.41 Å². The molecule has 0 radical (unpaired) electrons. The van der Waals surface area contributed by atoms with Crippen LogP contribution in [0.1, 0.15) is 32.3 Å². The minimum atomic E-state index is -1.45. The molecule has 184 valence electrons. The van der Waals surface area contributed by atoms with Crippen LogP contribution in [0.5, 0.6) is 0 Å². The van der Waals surface area contributed by atoms with Crippen molar-refractivity contribution in [2.45, 2.75) is 39.2 Å². The van der Waals surface area contributed by atoms with Crippen molar-refractivity contribution in [1.82, 2.24) is 9.80 Å². The number of rotatable bonds is 5. The Bertz CT molecular complexity index is 1140. The van der Waals surface area contributed by atoms with E-state index in [1.807, 2.05) is 43.0 Å². The summed E-state index contributed by atoms with van der Waals surface area (Å²) in [5.74, 6) is -1.19. The van der Waals surface area contributed by atoms with E-state index < -0.39 is 29.3 Å². The average Bonchev–Trinajstić information content (AvgIpc) is 2.88. The second-order valence-electron chi connectivity index (χ2n) is 9.58. The van der Waals surface area contributed by atoms with Gasteiger partial charge in [0.2, 0.25) is 11.8 Å². The van der Waals surface area contributed by atoms with Crippen LogP contribution in [0.3, 0.4) is 0 Å². The first-order valence-electron chi connectivity index (χ1n) is 12.5. The van der Waals surface area contributed by atoms with Crippen LogP contribution in [0, 0.1) is 11.2 Å². The molecule has 35 heavy (non-hydrogen) atoms.